The van der Waals surface area contributed by atoms with Gasteiger partial charge in [-0.25, -0.2) is 0 Å². The number of rotatable bonds is 2. The number of aromatic amines is 1. The average Bonchev–Trinajstić information content (AvgIpc) is 3.04. The molecule has 1 aliphatic heterocycles. The molecule has 4 N–H and O–H groups in total. The van der Waals surface area contributed by atoms with Crippen LogP contribution in [0.1, 0.15) is 34.1 Å². The van der Waals surface area contributed by atoms with E-state index in [1.165, 1.54) is 6.07 Å². The van der Waals surface area contributed by atoms with Crippen LogP contribution in [-0.2, 0) is 12.1 Å². The second kappa shape index (κ2) is 4.60. The number of carbonyl (C=O) groups excluding carboxylic acids is 1. The molecule has 0 radical (unpaired) electrons. The van der Waals surface area contributed by atoms with Crippen LogP contribution in [0.4, 0.5) is 0 Å². The van der Waals surface area contributed by atoms with E-state index < -0.39 is 5.54 Å². The summed E-state index contributed by atoms with van der Waals surface area (Å²) >= 11 is 0. The number of aliphatic hydroxyl groups excluding tert-OH is 1. The molecule has 0 saturated carbocycles. The number of aromatic hydroxyl groups is 1. The molecule has 0 fully saturated rings. The van der Waals surface area contributed by atoms with Crippen molar-refractivity contribution in [2.24, 2.45) is 0 Å². The van der Waals surface area contributed by atoms with Crippen molar-refractivity contribution in [2.75, 3.05) is 0 Å². The van der Waals surface area contributed by atoms with Crippen LogP contribution in [0.3, 0.4) is 0 Å². The largest absolute Gasteiger partial charge is 0.508 e. The smallest absolute Gasteiger partial charge is 0.252 e. The van der Waals surface area contributed by atoms with Crippen molar-refractivity contribution < 1.29 is 15.0 Å². The van der Waals surface area contributed by atoms with Crippen molar-refractivity contribution in [3.8, 4) is 5.75 Å². The van der Waals surface area contributed by atoms with Gasteiger partial charge in [-0.3, -0.25) is 4.79 Å². The molecule has 5 nitrogen and oxygen atoms in total. The second-order valence-electron chi connectivity index (χ2n) is 5.99. The van der Waals surface area contributed by atoms with Crippen molar-refractivity contribution in [3.05, 3.63) is 64.8 Å². The van der Waals surface area contributed by atoms with E-state index >= 15 is 0 Å². The number of aromatic nitrogens is 1. The van der Waals surface area contributed by atoms with E-state index in [9.17, 15) is 15.0 Å². The van der Waals surface area contributed by atoms with Gasteiger partial charge in [0, 0.05) is 27.7 Å². The number of fused-ring (bicyclic) bond motifs is 2. The first kappa shape index (κ1) is 13.8. The molecule has 0 bridgehead atoms. The molecule has 1 amide bonds. The van der Waals surface area contributed by atoms with Crippen LogP contribution in [0, 0.1) is 0 Å². The second-order valence-corrected chi connectivity index (χ2v) is 5.99. The van der Waals surface area contributed by atoms with Gasteiger partial charge in [0.2, 0.25) is 0 Å². The Morgan fingerprint density at radius 3 is 2.74 bits per heavy atom. The van der Waals surface area contributed by atoms with Crippen molar-refractivity contribution >= 4 is 16.8 Å². The fourth-order valence-corrected chi connectivity index (χ4v) is 3.59. The van der Waals surface area contributed by atoms with Crippen molar-refractivity contribution in [1.29, 1.82) is 0 Å². The van der Waals surface area contributed by atoms with Gasteiger partial charge in [-0.1, -0.05) is 18.2 Å². The van der Waals surface area contributed by atoms with Crippen LogP contribution in [-0.4, -0.2) is 21.1 Å². The van der Waals surface area contributed by atoms with Gasteiger partial charge in [0.25, 0.3) is 5.91 Å². The standard InChI is InChI=1S/C18H16N2O3/c1-18(13-8-10(22)6-7-11(13)17(23)20-18)16-12-4-2-3-5-14(12)19-15(16)9-21/h2-8,19,21-22H,9H2,1H3,(H,20,23). The van der Waals surface area contributed by atoms with Gasteiger partial charge >= 0.3 is 0 Å². The Morgan fingerprint density at radius 2 is 1.96 bits per heavy atom. The van der Waals surface area contributed by atoms with E-state index in [0.29, 0.717) is 16.8 Å². The fourth-order valence-electron chi connectivity index (χ4n) is 3.59. The lowest BCUT2D eigenvalue weighted by Crippen LogP contribution is -2.38. The van der Waals surface area contributed by atoms with E-state index in [1.54, 1.807) is 12.1 Å². The minimum Gasteiger partial charge on any atom is -0.508 e. The highest BCUT2D eigenvalue weighted by Gasteiger charge is 2.43. The highest BCUT2D eigenvalue weighted by atomic mass is 16.3. The van der Waals surface area contributed by atoms with Crippen LogP contribution in [0.25, 0.3) is 10.9 Å². The number of benzene rings is 2. The molecule has 4 rings (SSSR count). The third kappa shape index (κ3) is 1.80. The fraction of sp³-hybridized carbons (Fsp3) is 0.167. The summed E-state index contributed by atoms with van der Waals surface area (Å²) in [5, 5.41) is 23.6. The zero-order chi connectivity index (χ0) is 16.2. The maximum Gasteiger partial charge on any atom is 0.252 e. The maximum absolute atomic E-state index is 12.4. The van der Waals surface area contributed by atoms with E-state index in [0.717, 1.165) is 16.5 Å². The Kier molecular flexibility index (Phi) is 2.77. The van der Waals surface area contributed by atoms with Crippen molar-refractivity contribution in [3.63, 3.8) is 0 Å². The van der Waals surface area contributed by atoms with Gasteiger partial charge in [-0.05, 0) is 36.8 Å². The third-order valence-corrected chi connectivity index (χ3v) is 4.59. The Morgan fingerprint density at radius 1 is 1.17 bits per heavy atom. The number of phenolic OH excluding ortho intramolecular Hbond substituents is 1. The summed E-state index contributed by atoms with van der Waals surface area (Å²) in [6, 6.07) is 12.5. The van der Waals surface area contributed by atoms with Gasteiger partial charge in [-0.15, -0.1) is 0 Å². The molecule has 116 valence electrons. The summed E-state index contributed by atoms with van der Waals surface area (Å²) in [6.45, 7) is 1.73. The number of aliphatic hydroxyl groups is 1. The summed E-state index contributed by atoms with van der Waals surface area (Å²) in [6.07, 6.45) is 0. The van der Waals surface area contributed by atoms with Gasteiger partial charge in [0.1, 0.15) is 5.75 Å². The molecule has 1 unspecified atom stereocenters. The lowest BCUT2D eigenvalue weighted by molar-refractivity contribution is 0.0944. The Hall–Kier alpha value is -2.79. The van der Waals surface area contributed by atoms with E-state index in [2.05, 4.69) is 10.3 Å². The molecular weight excluding hydrogens is 292 g/mol. The number of hydrogen-bond donors (Lipinski definition) is 4. The van der Waals surface area contributed by atoms with Gasteiger partial charge in [-0.2, -0.15) is 0 Å². The Bertz CT molecular complexity index is 945. The first-order chi connectivity index (χ1) is 11.0. The maximum atomic E-state index is 12.4. The number of H-pyrrole nitrogens is 1. The lowest BCUT2D eigenvalue weighted by atomic mass is 9.83. The molecule has 0 aliphatic carbocycles. The minimum absolute atomic E-state index is 0.108. The van der Waals surface area contributed by atoms with Crippen molar-refractivity contribution in [1.82, 2.24) is 10.3 Å². The molecular formula is C18H16N2O3. The predicted molar refractivity (Wildman–Crippen MR) is 86.2 cm³/mol. The number of carbonyl (C=O) groups is 1. The number of amides is 1. The highest BCUT2D eigenvalue weighted by Crippen LogP contribution is 2.42. The first-order valence-electron chi connectivity index (χ1n) is 7.41. The quantitative estimate of drug-likeness (QED) is 0.586. The molecule has 3 aromatic rings. The molecule has 2 heterocycles. The summed E-state index contributed by atoms with van der Waals surface area (Å²) in [5.41, 5.74) is 2.82. The van der Waals surface area contributed by atoms with Gasteiger partial charge < -0.3 is 20.5 Å². The Balaban J connectivity index is 2.06. The molecule has 0 spiro atoms. The Labute approximate surface area is 132 Å². The van der Waals surface area contributed by atoms with E-state index in [1.807, 2.05) is 31.2 Å². The van der Waals surface area contributed by atoms with E-state index in [4.69, 9.17) is 0 Å². The molecule has 5 heteroatoms. The van der Waals surface area contributed by atoms with Crippen LogP contribution < -0.4 is 5.32 Å². The molecule has 23 heavy (non-hydrogen) atoms. The number of para-hydroxylation sites is 1. The monoisotopic (exact) mass is 308 g/mol. The highest BCUT2D eigenvalue weighted by molar-refractivity contribution is 6.02. The van der Waals surface area contributed by atoms with Gasteiger partial charge in [0.05, 0.1) is 12.1 Å². The van der Waals surface area contributed by atoms with Gasteiger partial charge in [0.15, 0.2) is 0 Å². The molecule has 2 aromatic carbocycles. The molecule has 1 atom stereocenters. The normalized spacial score (nSPS) is 19.8. The minimum atomic E-state index is -0.817. The SMILES string of the molecule is CC1(c2c(CO)[nH]c3ccccc23)NC(=O)c2ccc(O)cc21. The van der Waals surface area contributed by atoms with E-state index in [-0.39, 0.29) is 18.3 Å². The first-order valence-corrected chi connectivity index (χ1v) is 7.41. The van der Waals surface area contributed by atoms with Crippen LogP contribution in [0.2, 0.25) is 0 Å². The topological polar surface area (TPSA) is 85.4 Å². The van der Waals surface area contributed by atoms with Crippen LogP contribution in [0.5, 0.6) is 5.75 Å². The van der Waals surface area contributed by atoms with Crippen LogP contribution >= 0.6 is 0 Å². The molecule has 1 aliphatic rings. The van der Waals surface area contributed by atoms with Crippen molar-refractivity contribution in [2.45, 2.75) is 19.1 Å². The number of hydrogen-bond acceptors (Lipinski definition) is 3. The summed E-state index contributed by atoms with van der Waals surface area (Å²) in [4.78, 5) is 15.6. The number of phenols is 1. The predicted octanol–water partition coefficient (Wildman–Crippen LogP) is 2.37. The lowest BCUT2D eigenvalue weighted by Gasteiger charge is -2.27. The summed E-state index contributed by atoms with van der Waals surface area (Å²) in [7, 11) is 0. The zero-order valence-corrected chi connectivity index (χ0v) is 12.6. The molecule has 0 saturated heterocycles. The molecule has 1 aromatic heterocycles. The van der Waals surface area contributed by atoms with Crippen LogP contribution in [0.15, 0.2) is 42.5 Å². The zero-order valence-electron chi connectivity index (χ0n) is 12.6. The summed E-state index contributed by atoms with van der Waals surface area (Å²) < 4.78 is 0. The average molecular weight is 308 g/mol. The third-order valence-electron chi connectivity index (χ3n) is 4.59. The number of nitrogens with one attached hydrogen (secondary N) is 2. The summed E-state index contributed by atoms with van der Waals surface area (Å²) in [5.74, 6) is -0.0754.